The molecule has 6 nitrogen and oxygen atoms in total. The third kappa shape index (κ3) is 3.70. The lowest BCUT2D eigenvalue weighted by Crippen LogP contribution is -2.19. The van der Waals surface area contributed by atoms with Crippen LogP contribution in [0.15, 0.2) is 59.5 Å². The Labute approximate surface area is 178 Å². The van der Waals surface area contributed by atoms with Gasteiger partial charge in [-0.2, -0.15) is 5.26 Å². The summed E-state index contributed by atoms with van der Waals surface area (Å²) in [6, 6.07) is 17.0. The molecule has 154 valence electrons. The summed E-state index contributed by atoms with van der Waals surface area (Å²) in [7, 11) is 1.67. The normalized spacial score (nSPS) is 15.1. The van der Waals surface area contributed by atoms with Crippen molar-refractivity contribution >= 4 is 17.1 Å². The lowest BCUT2D eigenvalue weighted by molar-refractivity contribution is 0.600. The Kier molecular flexibility index (Phi) is 5.11. The first-order valence-corrected chi connectivity index (χ1v) is 9.91. The van der Waals surface area contributed by atoms with Crippen molar-refractivity contribution < 1.29 is 2.85 Å². The van der Waals surface area contributed by atoms with Crippen LogP contribution in [0.25, 0.3) is 0 Å². The second kappa shape index (κ2) is 7.88. The highest BCUT2D eigenvalue weighted by Crippen LogP contribution is 2.34. The number of nitriles is 1. The van der Waals surface area contributed by atoms with Gasteiger partial charge in [-0.15, -0.1) is 0 Å². The quantitative estimate of drug-likeness (QED) is 0.449. The van der Waals surface area contributed by atoms with E-state index in [0.717, 1.165) is 24.9 Å². The molecular weight excluding hydrogens is 374 g/mol. The van der Waals surface area contributed by atoms with E-state index in [0.29, 0.717) is 22.4 Å². The molecule has 3 aromatic rings. The number of hydrogen-bond donors (Lipinski definition) is 3. The Morgan fingerprint density at radius 2 is 2.10 bits per heavy atom. The van der Waals surface area contributed by atoms with E-state index in [9.17, 15) is 4.79 Å². The average molecular weight is 402 g/mol. The Morgan fingerprint density at radius 1 is 1.27 bits per heavy atom. The van der Waals surface area contributed by atoms with Crippen LogP contribution in [-0.4, -0.2) is 10.3 Å². The zero-order valence-electron chi connectivity index (χ0n) is 16.8. The first-order chi connectivity index (χ1) is 14.5. The Balaban J connectivity index is 0.00000181. The molecule has 30 heavy (non-hydrogen) atoms. The highest BCUT2D eigenvalue weighted by molar-refractivity contribution is 6.14. The molecule has 0 aliphatic heterocycles. The van der Waals surface area contributed by atoms with Crippen LogP contribution in [0.1, 0.15) is 49.6 Å². The summed E-state index contributed by atoms with van der Waals surface area (Å²) in [5, 5.41) is 21.3. The van der Waals surface area contributed by atoms with Crippen molar-refractivity contribution in [3.8, 4) is 6.07 Å². The highest BCUT2D eigenvalue weighted by atomic mass is 16.1. The number of aromatic nitrogens is 1. The number of nitrogen functional groups attached to an aromatic ring is 1. The van der Waals surface area contributed by atoms with Crippen LogP contribution >= 0.6 is 0 Å². The molecule has 0 fully saturated rings. The van der Waals surface area contributed by atoms with E-state index in [1.807, 2.05) is 30.3 Å². The van der Waals surface area contributed by atoms with Crippen molar-refractivity contribution in [2.75, 3.05) is 11.1 Å². The van der Waals surface area contributed by atoms with E-state index in [-0.39, 0.29) is 20.2 Å². The summed E-state index contributed by atoms with van der Waals surface area (Å²) >= 11 is 0. The van der Waals surface area contributed by atoms with Crippen molar-refractivity contribution in [3.05, 3.63) is 92.9 Å². The predicted octanol–water partition coefficient (Wildman–Crippen LogP) is 4.24. The van der Waals surface area contributed by atoms with Crippen molar-refractivity contribution in [2.45, 2.75) is 25.3 Å². The van der Waals surface area contributed by atoms with Crippen LogP contribution in [0.4, 0.5) is 11.4 Å². The van der Waals surface area contributed by atoms with Gasteiger partial charge in [0.2, 0.25) is 5.56 Å². The van der Waals surface area contributed by atoms with Gasteiger partial charge >= 0.3 is 0 Å². The molecule has 4 N–H and O–H groups in total. The van der Waals surface area contributed by atoms with Crippen LogP contribution < -0.4 is 16.6 Å². The van der Waals surface area contributed by atoms with E-state index in [2.05, 4.69) is 11.4 Å². The Hall–Kier alpha value is -3.85. The number of nitrogens with one attached hydrogen (secondary N) is 2. The fourth-order valence-corrected chi connectivity index (χ4v) is 3.99. The van der Waals surface area contributed by atoms with Crippen molar-refractivity contribution in [1.29, 1.82) is 10.7 Å². The van der Waals surface area contributed by atoms with Crippen LogP contribution in [-0.2, 0) is 13.5 Å². The fourth-order valence-electron chi connectivity index (χ4n) is 3.99. The van der Waals surface area contributed by atoms with Crippen molar-refractivity contribution in [2.24, 2.45) is 7.05 Å². The van der Waals surface area contributed by atoms with E-state index in [4.69, 9.17) is 16.4 Å². The van der Waals surface area contributed by atoms with Crippen LogP contribution in [0.5, 0.6) is 0 Å². The topological polar surface area (TPSA) is 108 Å². The second-order valence-corrected chi connectivity index (χ2v) is 7.66. The van der Waals surface area contributed by atoms with Gasteiger partial charge in [0.1, 0.15) is 0 Å². The molecule has 0 bridgehead atoms. The molecule has 0 amide bonds. The number of fused-ring (bicyclic) bond motifs is 1. The van der Waals surface area contributed by atoms with E-state index in [1.165, 1.54) is 21.8 Å². The van der Waals surface area contributed by atoms with Crippen molar-refractivity contribution in [1.82, 2.24) is 4.57 Å². The van der Waals surface area contributed by atoms with Gasteiger partial charge in [0.15, 0.2) is 0 Å². The van der Waals surface area contributed by atoms with Gasteiger partial charge in [0.05, 0.1) is 23.4 Å². The third-order valence-corrected chi connectivity index (χ3v) is 5.62. The SMILES string of the molecule is Cn1cc(C(=N)c2cc(N[C@H]3CCCc4cc(C#N)ccc43)ccc2N)ccc1=O.[HH].[HH]. The predicted molar refractivity (Wildman–Crippen MR) is 123 cm³/mol. The summed E-state index contributed by atoms with van der Waals surface area (Å²) in [6.07, 6.45) is 4.67. The molecule has 0 saturated carbocycles. The zero-order valence-corrected chi connectivity index (χ0v) is 16.8. The number of hydrogen-bond acceptors (Lipinski definition) is 5. The fraction of sp³-hybridized carbons (Fsp3) is 0.208. The molecule has 4 rings (SSSR count). The first kappa shape index (κ1) is 19.5. The summed E-state index contributed by atoms with van der Waals surface area (Å²) in [6.45, 7) is 0. The van der Waals surface area contributed by atoms with E-state index < -0.39 is 0 Å². The molecule has 6 heteroatoms. The van der Waals surface area contributed by atoms with E-state index >= 15 is 0 Å². The summed E-state index contributed by atoms with van der Waals surface area (Å²) in [5.74, 6) is 0. The maximum atomic E-state index is 11.7. The van der Waals surface area contributed by atoms with Crippen LogP contribution in [0.2, 0.25) is 0 Å². The smallest absolute Gasteiger partial charge is 0.250 e. The molecule has 0 radical (unpaired) electrons. The number of rotatable bonds is 4. The largest absolute Gasteiger partial charge is 0.398 e. The zero-order chi connectivity index (χ0) is 21.3. The van der Waals surface area contributed by atoms with Gasteiger partial charge < -0.3 is 15.6 Å². The van der Waals surface area contributed by atoms with Crippen LogP contribution in [0.3, 0.4) is 0 Å². The summed E-state index contributed by atoms with van der Waals surface area (Å²) < 4.78 is 1.45. The highest BCUT2D eigenvalue weighted by Gasteiger charge is 2.21. The standard InChI is InChI=1S/C24H23N5O.2H2/c1-29-14-17(6-10-23(29)30)24(27)20-12-18(7-9-21(20)26)28-22-4-2-3-16-11-15(13-25)5-8-19(16)22;;/h5-12,14,22,27-28H,2-4,26H2,1H3;2*1H/t22-;;/m0../s1. The van der Waals surface area contributed by atoms with E-state index in [1.54, 1.807) is 25.4 Å². The number of anilines is 2. The van der Waals surface area contributed by atoms with Gasteiger partial charge in [0, 0.05) is 44.7 Å². The lowest BCUT2D eigenvalue weighted by Gasteiger charge is -2.27. The number of pyridine rings is 1. The number of nitrogens with two attached hydrogens (primary N) is 1. The molecule has 0 saturated heterocycles. The monoisotopic (exact) mass is 401 g/mol. The molecule has 1 aliphatic carbocycles. The molecule has 1 heterocycles. The third-order valence-electron chi connectivity index (χ3n) is 5.62. The molecule has 1 aromatic heterocycles. The van der Waals surface area contributed by atoms with Gasteiger partial charge in [-0.3, -0.25) is 10.2 Å². The molecule has 2 aromatic carbocycles. The Morgan fingerprint density at radius 3 is 2.87 bits per heavy atom. The maximum absolute atomic E-state index is 11.7. The number of nitrogens with zero attached hydrogens (tertiary/aromatic N) is 2. The van der Waals surface area contributed by atoms with Crippen molar-refractivity contribution in [3.63, 3.8) is 0 Å². The number of aryl methyl sites for hydroxylation is 2. The summed E-state index contributed by atoms with van der Waals surface area (Å²) in [4.78, 5) is 11.7. The first-order valence-electron chi connectivity index (χ1n) is 9.91. The average Bonchev–Trinajstić information content (AvgIpc) is 2.76. The summed E-state index contributed by atoms with van der Waals surface area (Å²) in [5.41, 5.74) is 12.1. The minimum Gasteiger partial charge on any atom is -0.398 e. The molecular formula is C24H27N5O. The minimum atomic E-state index is -0.120. The molecule has 0 unspecified atom stereocenters. The Bertz CT molecular complexity index is 1250. The van der Waals surface area contributed by atoms with Crippen LogP contribution in [0, 0.1) is 16.7 Å². The molecule has 0 spiro atoms. The van der Waals surface area contributed by atoms with Gasteiger partial charge in [0.25, 0.3) is 0 Å². The molecule has 1 aliphatic rings. The lowest BCUT2D eigenvalue weighted by atomic mass is 9.86. The number of benzene rings is 2. The minimum absolute atomic E-state index is 0. The van der Waals surface area contributed by atoms with Gasteiger partial charge in [-0.25, -0.2) is 0 Å². The van der Waals surface area contributed by atoms with Gasteiger partial charge in [-0.1, -0.05) is 6.07 Å². The van der Waals surface area contributed by atoms with Gasteiger partial charge in [-0.05, 0) is 66.8 Å². The molecule has 1 atom stereocenters. The maximum Gasteiger partial charge on any atom is 0.250 e. The second-order valence-electron chi connectivity index (χ2n) is 7.66.